The van der Waals surface area contributed by atoms with Crippen LogP contribution >= 0.6 is 0 Å². The van der Waals surface area contributed by atoms with Crippen molar-refractivity contribution in [1.82, 2.24) is 40.1 Å². The van der Waals surface area contributed by atoms with Crippen LogP contribution in [0.15, 0.2) is 41.2 Å². The number of aryl methyl sites for hydroxylation is 1. The molecule has 4 aromatic rings. The summed E-state index contributed by atoms with van der Waals surface area (Å²) in [5.74, 6) is 0.525. The van der Waals surface area contributed by atoms with Crippen LogP contribution in [0.25, 0.3) is 11.3 Å². The average molecular weight is 546 g/mol. The van der Waals surface area contributed by atoms with Crippen LogP contribution in [0.3, 0.4) is 0 Å². The minimum atomic E-state index is -0.382. The van der Waals surface area contributed by atoms with E-state index in [0.29, 0.717) is 37.9 Å². The lowest BCUT2D eigenvalue weighted by Gasteiger charge is -2.19. The number of hydrogen-bond acceptors (Lipinski definition) is 10. The lowest BCUT2D eigenvalue weighted by Crippen LogP contribution is -2.31. The predicted molar refractivity (Wildman–Crippen MR) is 149 cm³/mol. The first kappa shape index (κ1) is 27.4. The third-order valence-corrected chi connectivity index (χ3v) is 7.07. The maximum atomic E-state index is 13.1. The number of hydrogen-bond donors (Lipinski definition) is 3. The number of anilines is 2. The number of nitrogens with one attached hydrogen (secondary N) is 2. The second-order valence-corrected chi connectivity index (χ2v) is 11.1. The topological polar surface area (TPSA) is 147 Å². The molecule has 1 unspecified atom stereocenters. The lowest BCUT2D eigenvalue weighted by atomic mass is 9.96. The van der Waals surface area contributed by atoms with Gasteiger partial charge in [0.2, 0.25) is 11.8 Å². The maximum absolute atomic E-state index is 13.1. The molecule has 0 radical (unpaired) electrons. The van der Waals surface area contributed by atoms with Crippen molar-refractivity contribution in [2.45, 2.75) is 52.1 Å². The molecule has 210 valence electrons. The van der Waals surface area contributed by atoms with Gasteiger partial charge in [0.15, 0.2) is 0 Å². The number of amides is 1. The standard InChI is InChI=1S/C28H35N9O3/c1-17-23(15-30-36(17)5)33-27-29-10-8-21(32-27)18-6-7-20-19(14-18)16-37(12-13-38)11-9-22(20)31-25(39)24-34-26(40-35-24)28(2,3)4/h6-8,10,14-15,22,38H,9,11-13,16H2,1-5H3,(H,31,39)(H,29,32,33). The molecule has 1 aliphatic heterocycles. The number of carbonyl (C=O) groups excluding carboxylic acids is 1. The van der Waals surface area contributed by atoms with Crippen molar-refractivity contribution in [1.29, 1.82) is 0 Å². The van der Waals surface area contributed by atoms with E-state index in [1.165, 1.54) is 0 Å². The van der Waals surface area contributed by atoms with Crippen molar-refractivity contribution >= 4 is 17.5 Å². The van der Waals surface area contributed by atoms with E-state index >= 15 is 0 Å². The smallest absolute Gasteiger partial charge is 0.293 e. The van der Waals surface area contributed by atoms with Crippen LogP contribution in [0.5, 0.6) is 0 Å². The molecule has 1 aliphatic rings. The second kappa shape index (κ2) is 11.1. The first-order valence-electron chi connectivity index (χ1n) is 13.3. The van der Waals surface area contributed by atoms with Gasteiger partial charge >= 0.3 is 0 Å². The molecule has 0 aliphatic carbocycles. The molecule has 1 atom stereocenters. The molecule has 3 N–H and O–H groups in total. The van der Waals surface area contributed by atoms with Gasteiger partial charge in [-0.25, -0.2) is 9.97 Å². The summed E-state index contributed by atoms with van der Waals surface area (Å²) in [4.78, 5) is 28.7. The minimum Gasteiger partial charge on any atom is -0.395 e. The first-order valence-corrected chi connectivity index (χ1v) is 13.3. The van der Waals surface area contributed by atoms with E-state index in [1.807, 2.05) is 52.9 Å². The number of carbonyl (C=O) groups is 1. The fourth-order valence-electron chi connectivity index (χ4n) is 4.68. The highest BCUT2D eigenvalue weighted by Crippen LogP contribution is 2.31. The summed E-state index contributed by atoms with van der Waals surface area (Å²) in [6.45, 7) is 9.77. The van der Waals surface area contributed by atoms with Crippen molar-refractivity contribution in [2.24, 2.45) is 7.05 Å². The summed E-state index contributed by atoms with van der Waals surface area (Å²) >= 11 is 0. The number of benzene rings is 1. The molecule has 0 spiro atoms. The van der Waals surface area contributed by atoms with Gasteiger partial charge in [-0.15, -0.1) is 0 Å². The minimum absolute atomic E-state index is 0.0180. The van der Waals surface area contributed by atoms with Crippen LogP contribution in [0.1, 0.15) is 66.6 Å². The summed E-state index contributed by atoms with van der Waals surface area (Å²) < 4.78 is 7.11. The Hall–Kier alpha value is -4.16. The van der Waals surface area contributed by atoms with Crippen LogP contribution in [-0.4, -0.2) is 65.5 Å². The Kier molecular flexibility index (Phi) is 7.63. The molecule has 0 saturated heterocycles. The fourth-order valence-corrected chi connectivity index (χ4v) is 4.68. The molecule has 0 saturated carbocycles. The molecule has 1 amide bonds. The number of aliphatic hydroxyl groups excluding tert-OH is 1. The van der Waals surface area contributed by atoms with Crippen molar-refractivity contribution in [3.05, 3.63) is 65.2 Å². The third-order valence-electron chi connectivity index (χ3n) is 7.07. The van der Waals surface area contributed by atoms with Crippen molar-refractivity contribution in [3.8, 4) is 11.3 Å². The molecule has 0 bridgehead atoms. The number of β-amino-alcohol motifs (C(OH)–C–C–N with tert-alkyl or cyclic N) is 1. The number of aromatic nitrogens is 6. The van der Waals surface area contributed by atoms with Gasteiger partial charge in [-0.1, -0.05) is 38.1 Å². The van der Waals surface area contributed by atoms with E-state index in [1.54, 1.807) is 17.1 Å². The number of fused-ring (bicyclic) bond motifs is 1. The highest BCUT2D eigenvalue weighted by Gasteiger charge is 2.28. The Morgan fingerprint density at radius 1 is 1.23 bits per heavy atom. The Labute approximate surface area is 232 Å². The summed E-state index contributed by atoms with van der Waals surface area (Å²) in [7, 11) is 1.88. The zero-order valence-electron chi connectivity index (χ0n) is 23.5. The molecule has 5 rings (SSSR count). The van der Waals surface area contributed by atoms with Crippen LogP contribution in [0.2, 0.25) is 0 Å². The van der Waals surface area contributed by atoms with E-state index in [9.17, 15) is 9.90 Å². The summed E-state index contributed by atoms with van der Waals surface area (Å²) in [6.07, 6.45) is 4.14. The third kappa shape index (κ3) is 5.87. The number of rotatable bonds is 7. The quantitative estimate of drug-likeness (QED) is 0.316. The van der Waals surface area contributed by atoms with Gasteiger partial charge in [0.1, 0.15) is 0 Å². The molecule has 4 heterocycles. The highest BCUT2D eigenvalue weighted by atomic mass is 16.5. The Morgan fingerprint density at radius 2 is 2.05 bits per heavy atom. The van der Waals surface area contributed by atoms with Crippen LogP contribution < -0.4 is 10.6 Å². The predicted octanol–water partition coefficient (Wildman–Crippen LogP) is 3.28. The van der Waals surface area contributed by atoms with Crippen LogP contribution in [-0.2, 0) is 19.0 Å². The van der Waals surface area contributed by atoms with Gasteiger partial charge in [-0.3, -0.25) is 14.4 Å². The molecule has 40 heavy (non-hydrogen) atoms. The molecular weight excluding hydrogens is 510 g/mol. The Bertz CT molecular complexity index is 1500. The summed E-state index contributed by atoms with van der Waals surface area (Å²) in [5, 5.41) is 24.1. The fraction of sp³-hybridized carbons (Fsp3) is 0.429. The van der Waals surface area contributed by atoms with Crippen molar-refractivity contribution < 1.29 is 14.4 Å². The first-order chi connectivity index (χ1) is 19.1. The van der Waals surface area contributed by atoms with E-state index in [4.69, 9.17) is 9.51 Å². The Morgan fingerprint density at radius 3 is 2.75 bits per heavy atom. The van der Waals surface area contributed by atoms with Crippen LogP contribution in [0.4, 0.5) is 11.6 Å². The second-order valence-electron chi connectivity index (χ2n) is 11.1. The largest absolute Gasteiger partial charge is 0.395 e. The summed E-state index contributed by atoms with van der Waals surface area (Å²) in [6, 6.07) is 7.75. The van der Waals surface area contributed by atoms with E-state index in [-0.39, 0.29) is 29.8 Å². The Balaban J connectivity index is 1.42. The normalized spacial score (nSPS) is 15.9. The van der Waals surface area contributed by atoms with Gasteiger partial charge in [-0.2, -0.15) is 10.1 Å². The highest BCUT2D eigenvalue weighted by molar-refractivity contribution is 5.90. The molecule has 3 aromatic heterocycles. The molecule has 12 heteroatoms. The van der Waals surface area contributed by atoms with Gasteiger partial charge in [0, 0.05) is 43.9 Å². The molecule has 12 nitrogen and oxygen atoms in total. The van der Waals surface area contributed by atoms with E-state index in [0.717, 1.165) is 33.8 Å². The molecular formula is C28H35N9O3. The lowest BCUT2D eigenvalue weighted by molar-refractivity contribution is 0.0918. The molecule has 0 fully saturated rings. The van der Waals surface area contributed by atoms with Crippen molar-refractivity contribution in [2.75, 3.05) is 25.0 Å². The SMILES string of the molecule is Cc1c(Nc2nccc(-c3ccc4c(c3)CN(CCO)CCC4NC(=O)c3noc(C(C)(C)C)n3)n2)cnn1C. The number of aliphatic hydroxyl groups is 1. The van der Waals surface area contributed by atoms with Gasteiger partial charge < -0.3 is 20.3 Å². The maximum Gasteiger partial charge on any atom is 0.293 e. The van der Waals surface area contributed by atoms with Crippen molar-refractivity contribution in [3.63, 3.8) is 0 Å². The number of nitrogens with zero attached hydrogens (tertiary/aromatic N) is 7. The van der Waals surface area contributed by atoms with E-state index in [2.05, 4.69) is 41.8 Å². The molecule has 1 aromatic carbocycles. The van der Waals surface area contributed by atoms with Crippen LogP contribution in [0, 0.1) is 6.92 Å². The van der Waals surface area contributed by atoms with Gasteiger partial charge in [0.05, 0.1) is 35.9 Å². The zero-order valence-corrected chi connectivity index (χ0v) is 23.5. The average Bonchev–Trinajstić information content (AvgIpc) is 3.50. The van der Waals surface area contributed by atoms with Gasteiger partial charge in [0.25, 0.3) is 11.7 Å². The van der Waals surface area contributed by atoms with E-state index < -0.39 is 0 Å². The van der Waals surface area contributed by atoms with Gasteiger partial charge in [-0.05, 0) is 36.6 Å². The zero-order chi connectivity index (χ0) is 28.4. The summed E-state index contributed by atoms with van der Waals surface area (Å²) in [5.41, 5.74) is 5.22. The monoisotopic (exact) mass is 545 g/mol.